The molecule has 3 nitrogen and oxygen atoms in total. The summed E-state index contributed by atoms with van der Waals surface area (Å²) in [5, 5.41) is 0. The second kappa shape index (κ2) is 5.90. The van der Waals surface area contributed by atoms with Crippen molar-refractivity contribution in [3.8, 4) is 0 Å². The lowest BCUT2D eigenvalue weighted by Crippen LogP contribution is -3.00. The molecule has 0 radical (unpaired) electrons. The molecule has 0 saturated carbocycles. The van der Waals surface area contributed by atoms with Crippen LogP contribution in [0.1, 0.15) is 19.3 Å². The number of quaternary nitrogens is 1. The minimum absolute atomic E-state index is 0. The van der Waals surface area contributed by atoms with Gasteiger partial charge in [-0.15, -0.1) is 0 Å². The molecule has 0 aromatic rings. The van der Waals surface area contributed by atoms with E-state index in [9.17, 15) is 4.79 Å². The first-order chi connectivity index (χ1) is 6.03. The summed E-state index contributed by atoms with van der Waals surface area (Å²) in [4.78, 5) is 13.0. The maximum absolute atomic E-state index is 11.4. The number of hydrogen-bond acceptors (Lipinski definition) is 1. The van der Waals surface area contributed by atoms with Gasteiger partial charge in [-0.25, -0.2) is 0 Å². The maximum atomic E-state index is 11.4. The predicted octanol–water partition coefficient (Wildman–Crippen LogP) is -2.29. The molecule has 1 fully saturated rings. The van der Waals surface area contributed by atoms with Crippen LogP contribution in [0.25, 0.3) is 0 Å². The molecule has 1 heterocycles. The van der Waals surface area contributed by atoms with E-state index in [1.807, 2.05) is 14.1 Å². The van der Waals surface area contributed by atoms with Gasteiger partial charge in [0, 0.05) is 26.9 Å². The summed E-state index contributed by atoms with van der Waals surface area (Å²) in [6, 6.07) is 0. The Morgan fingerprint density at radius 2 is 1.79 bits per heavy atom. The Kier molecular flexibility index (Phi) is 5.97. The van der Waals surface area contributed by atoms with Crippen LogP contribution in [-0.2, 0) is 4.79 Å². The summed E-state index contributed by atoms with van der Waals surface area (Å²) >= 11 is 0. The molecule has 14 heavy (non-hydrogen) atoms. The molecule has 1 aliphatic rings. The molecule has 0 aromatic heterocycles. The number of carbonyl (C=O) groups excluding carboxylic acids is 1. The largest absolute Gasteiger partial charge is 1.00 e. The molecule has 0 N–H and O–H groups in total. The van der Waals surface area contributed by atoms with Gasteiger partial charge in [0.05, 0.1) is 33.1 Å². The van der Waals surface area contributed by atoms with Crippen molar-refractivity contribution in [3.63, 3.8) is 0 Å². The summed E-state index contributed by atoms with van der Waals surface area (Å²) in [5.74, 6) is 0.256. The van der Waals surface area contributed by atoms with Gasteiger partial charge in [-0.1, -0.05) is 0 Å². The van der Waals surface area contributed by atoms with Gasteiger partial charge in [0.15, 0.2) is 0 Å². The Balaban J connectivity index is 0.00000169. The zero-order valence-corrected chi connectivity index (χ0v) is 11.6. The first-order valence-electron chi connectivity index (χ1n) is 5.07. The van der Waals surface area contributed by atoms with Crippen molar-refractivity contribution in [3.05, 3.63) is 0 Å². The molecule has 1 saturated heterocycles. The molecule has 84 valence electrons. The lowest BCUT2D eigenvalue weighted by molar-refractivity contribution is -0.897. The van der Waals surface area contributed by atoms with Gasteiger partial charge in [0.25, 0.3) is 0 Å². The van der Waals surface area contributed by atoms with Crippen molar-refractivity contribution >= 4 is 5.91 Å². The van der Waals surface area contributed by atoms with Gasteiger partial charge in [-0.3, -0.25) is 4.79 Å². The lowest BCUT2D eigenvalue weighted by atomic mass is 10.3. The number of hydrogen-bond donors (Lipinski definition) is 0. The molecule has 1 aliphatic heterocycles. The SMILES string of the molecule is CN(C)C(=O)CC[N+]1(C)CCCC1.[I-]. The quantitative estimate of drug-likeness (QED) is 0.424. The molecule has 4 heteroatoms. The highest BCUT2D eigenvalue weighted by molar-refractivity contribution is 5.75. The Bertz CT molecular complexity index is 189. The molecule has 0 spiro atoms. The highest BCUT2D eigenvalue weighted by Crippen LogP contribution is 2.16. The van der Waals surface area contributed by atoms with Gasteiger partial charge in [0.2, 0.25) is 5.91 Å². The molecule has 1 rings (SSSR count). The fourth-order valence-electron chi connectivity index (χ4n) is 1.91. The fraction of sp³-hybridized carbons (Fsp3) is 0.900. The van der Waals surface area contributed by atoms with Gasteiger partial charge in [-0.2, -0.15) is 0 Å². The van der Waals surface area contributed by atoms with Crippen LogP contribution < -0.4 is 24.0 Å². The lowest BCUT2D eigenvalue weighted by Gasteiger charge is -2.29. The van der Waals surface area contributed by atoms with Gasteiger partial charge in [0.1, 0.15) is 0 Å². The number of halogens is 1. The number of rotatable bonds is 3. The van der Waals surface area contributed by atoms with E-state index in [0.717, 1.165) is 11.0 Å². The molecule has 0 bridgehead atoms. The van der Waals surface area contributed by atoms with E-state index in [1.165, 1.54) is 25.9 Å². The number of amides is 1. The van der Waals surface area contributed by atoms with Crippen LogP contribution in [0.5, 0.6) is 0 Å². The van der Waals surface area contributed by atoms with Crippen LogP contribution in [0.3, 0.4) is 0 Å². The number of nitrogens with zero attached hydrogens (tertiary/aromatic N) is 2. The average molecular weight is 312 g/mol. The molecule has 0 aromatic carbocycles. The summed E-state index contributed by atoms with van der Waals surface area (Å²) in [7, 11) is 5.91. The van der Waals surface area contributed by atoms with Crippen molar-refractivity contribution in [2.75, 3.05) is 40.8 Å². The first-order valence-corrected chi connectivity index (χ1v) is 5.07. The van der Waals surface area contributed by atoms with Gasteiger partial charge >= 0.3 is 0 Å². The van der Waals surface area contributed by atoms with Crippen molar-refractivity contribution in [2.45, 2.75) is 19.3 Å². The van der Waals surface area contributed by atoms with E-state index in [2.05, 4.69) is 7.05 Å². The number of likely N-dealkylation sites (tertiary alicyclic amines) is 1. The Labute approximate surface area is 104 Å². The third-order valence-electron chi connectivity index (χ3n) is 3.01. The van der Waals surface area contributed by atoms with Crippen molar-refractivity contribution in [2.24, 2.45) is 0 Å². The summed E-state index contributed by atoms with van der Waals surface area (Å²) in [6.07, 6.45) is 3.35. The van der Waals surface area contributed by atoms with Crippen LogP contribution in [0, 0.1) is 0 Å². The van der Waals surface area contributed by atoms with E-state index >= 15 is 0 Å². The van der Waals surface area contributed by atoms with Crippen molar-refractivity contribution in [1.29, 1.82) is 0 Å². The van der Waals surface area contributed by atoms with Crippen LogP contribution in [0.4, 0.5) is 0 Å². The third-order valence-corrected chi connectivity index (χ3v) is 3.01. The highest BCUT2D eigenvalue weighted by atomic mass is 127. The monoisotopic (exact) mass is 312 g/mol. The van der Waals surface area contributed by atoms with Gasteiger partial charge in [-0.05, 0) is 0 Å². The first kappa shape index (κ1) is 14.2. The zero-order valence-electron chi connectivity index (χ0n) is 9.42. The van der Waals surface area contributed by atoms with Crippen LogP contribution in [0.15, 0.2) is 0 Å². The Morgan fingerprint density at radius 3 is 2.21 bits per heavy atom. The van der Waals surface area contributed by atoms with Crippen molar-refractivity contribution < 1.29 is 33.3 Å². The molecular formula is C10H21IN2O. The topological polar surface area (TPSA) is 20.3 Å². The molecule has 0 atom stereocenters. The van der Waals surface area contributed by atoms with Crippen molar-refractivity contribution in [1.82, 2.24) is 4.90 Å². The fourth-order valence-corrected chi connectivity index (χ4v) is 1.91. The standard InChI is InChI=1S/C10H21N2O.HI/c1-11(2)10(13)6-9-12(3)7-4-5-8-12;/h4-9H2,1-3H3;1H/q+1;/p-1. The molecular weight excluding hydrogens is 291 g/mol. The predicted molar refractivity (Wildman–Crippen MR) is 53.3 cm³/mol. The van der Waals surface area contributed by atoms with E-state index < -0.39 is 0 Å². The smallest absolute Gasteiger partial charge is 0.227 e. The molecule has 0 unspecified atom stereocenters. The van der Waals surface area contributed by atoms with Crippen LogP contribution >= 0.6 is 0 Å². The zero-order chi connectivity index (χ0) is 9.90. The summed E-state index contributed by atoms with van der Waals surface area (Å²) < 4.78 is 1.10. The maximum Gasteiger partial charge on any atom is 0.227 e. The van der Waals surface area contributed by atoms with Gasteiger partial charge < -0.3 is 33.4 Å². The average Bonchev–Trinajstić information content (AvgIpc) is 2.48. The Hall–Kier alpha value is 0.160. The minimum atomic E-state index is 0. The summed E-state index contributed by atoms with van der Waals surface area (Å²) in [6.45, 7) is 3.51. The highest BCUT2D eigenvalue weighted by Gasteiger charge is 2.27. The van der Waals surface area contributed by atoms with E-state index in [0.29, 0.717) is 6.42 Å². The van der Waals surface area contributed by atoms with Crippen LogP contribution in [0.2, 0.25) is 0 Å². The molecule has 1 amide bonds. The second-order valence-corrected chi connectivity index (χ2v) is 4.54. The van der Waals surface area contributed by atoms with E-state index in [1.54, 1.807) is 4.90 Å². The normalized spacial score (nSPS) is 18.8. The summed E-state index contributed by atoms with van der Waals surface area (Å²) in [5.41, 5.74) is 0. The molecule has 0 aliphatic carbocycles. The van der Waals surface area contributed by atoms with E-state index in [4.69, 9.17) is 0 Å². The second-order valence-electron chi connectivity index (χ2n) is 4.54. The Morgan fingerprint density at radius 1 is 1.29 bits per heavy atom. The number of carbonyl (C=O) groups is 1. The minimum Gasteiger partial charge on any atom is -1.00 e. The third kappa shape index (κ3) is 4.13. The van der Waals surface area contributed by atoms with E-state index in [-0.39, 0.29) is 29.9 Å². The van der Waals surface area contributed by atoms with Crippen LogP contribution in [-0.4, -0.2) is 56.1 Å².